The molecule has 1 aromatic carbocycles. The van der Waals surface area contributed by atoms with Gasteiger partial charge in [-0.1, -0.05) is 6.42 Å². The molecule has 0 atom stereocenters. The minimum atomic E-state index is -0.850. The molecule has 6 heteroatoms. The number of carboxylic acid groups (broad SMARTS) is 1. The number of carbonyl (C=O) groups excluding carboxylic acids is 1. The predicted octanol–water partition coefficient (Wildman–Crippen LogP) is 1.69. The number of amides is 1. The van der Waals surface area contributed by atoms with Crippen LogP contribution >= 0.6 is 0 Å². The van der Waals surface area contributed by atoms with Gasteiger partial charge in [-0.3, -0.25) is 9.59 Å². The second-order valence-corrected chi connectivity index (χ2v) is 5.22. The predicted molar refractivity (Wildman–Crippen MR) is 75.8 cm³/mol. The average Bonchev–Trinajstić information content (AvgIpc) is 2.44. The molecule has 0 aliphatic heterocycles. The maximum atomic E-state index is 12.2. The molecule has 0 saturated heterocycles. The lowest BCUT2D eigenvalue weighted by Gasteiger charge is -2.37. The SMILES string of the molecule is COc1cc(OC)cc(C(=O)NCC2(C(=O)O)CCC2)c1. The molecule has 1 aliphatic rings. The van der Waals surface area contributed by atoms with Crippen molar-refractivity contribution < 1.29 is 24.2 Å². The maximum Gasteiger partial charge on any atom is 0.311 e. The van der Waals surface area contributed by atoms with Gasteiger partial charge in [-0.2, -0.15) is 0 Å². The molecule has 2 N–H and O–H groups in total. The summed E-state index contributed by atoms with van der Waals surface area (Å²) in [5, 5.41) is 11.9. The molecule has 0 bridgehead atoms. The van der Waals surface area contributed by atoms with Crippen LogP contribution in [0.5, 0.6) is 11.5 Å². The second-order valence-electron chi connectivity index (χ2n) is 5.22. The molecule has 0 heterocycles. The number of nitrogens with one attached hydrogen (secondary N) is 1. The van der Waals surface area contributed by atoms with E-state index >= 15 is 0 Å². The van der Waals surface area contributed by atoms with E-state index in [0.717, 1.165) is 6.42 Å². The van der Waals surface area contributed by atoms with Gasteiger partial charge in [-0.05, 0) is 25.0 Å². The van der Waals surface area contributed by atoms with Crippen LogP contribution in [0.15, 0.2) is 18.2 Å². The molecule has 1 saturated carbocycles. The molecule has 0 radical (unpaired) electrons. The Morgan fingerprint density at radius 2 is 1.76 bits per heavy atom. The van der Waals surface area contributed by atoms with Crippen molar-refractivity contribution in [2.75, 3.05) is 20.8 Å². The summed E-state index contributed by atoms with van der Waals surface area (Å²) in [5.41, 5.74) is -0.426. The number of hydrogen-bond acceptors (Lipinski definition) is 4. The van der Waals surface area contributed by atoms with E-state index in [9.17, 15) is 14.7 Å². The van der Waals surface area contributed by atoms with Crippen LogP contribution in [0.2, 0.25) is 0 Å². The van der Waals surface area contributed by atoms with Crippen LogP contribution in [0.25, 0.3) is 0 Å². The van der Waals surface area contributed by atoms with Crippen molar-refractivity contribution in [2.24, 2.45) is 5.41 Å². The molecule has 21 heavy (non-hydrogen) atoms. The first-order valence-electron chi connectivity index (χ1n) is 6.75. The van der Waals surface area contributed by atoms with Crippen LogP contribution in [0.1, 0.15) is 29.6 Å². The first-order valence-corrected chi connectivity index (χ1v) is 6.75. The topological polar surface area (TPSA) is 84.9 Å². The minimum Gasteiger partial charge on any atom is -0.497 e. The molecule has 0 aromatic heterocycles. The highest BCUT2D eigenvalue weighted by Gasteiger charge is 2.44. The second kappa shape index (κ2) is 6.03. The molecule has 6 nitrogen and oxygen atoms in total. The van der Waals surface area contributed by atoms with Gasteiger partial charge < -0.3 is 19.9 Å². The number of methoxy groups -OCH3 is 2. The first kappa shape index (κ1) is 15.2. The summed E-state index contributed by atoms with van der Waals surface area (Å²) in [6, 6.07) is 4.85. The summed E-state index contributed by atoms with van der Waals surface area (Å²) < 4.78 is 10.2. The molecular weight excluding hydrogens is 274 g/mol. The van der Waals surface area contributed by atoms with Gasteiger partial charge in [0.2, 0.25) is 0 Å². The van der Waals surface area contributed by atoms with Crippen LogP contribution in [0.3, 0.4) is 0 Å². The van der Waals surface area contributed by atoms with Gasteiger partial charge >= 0.3 is 5.97 Å². The Hall–Kier alpha value is -2.24. The molecule has 1 fully saturated rings. The third-order valence-corrected chi connectivity index (χ3v) is 3.97. The van der Waals surface area contributed by atoms with Crippen molar-refractivity contribution in [1.82, 2.24) is 5.32 Å². The number of ether oxygens (including phenoxy) is 2. The molecule has 0 unspecified atom stereocenters. The summed E-state index contributed by atoms with van der Waals surface area (Å²) in [6.07, 6.45) is 2.09. The van der Waals surface area contributed by atoms with E-state index < -0.39 is 11.4 Å². The number of benzene rings is 1. The fraction of sp³-hybridized carbons (Fsp3) is 0.467. The molecule has 2 rings (SSSR count). The van der Waals surface area contributed by atoms with Gasteiger partial charge in [0, 0.05) is 18.2 Å². The summed E-state index contributed by atoms with van der Waals surface area (Å²) in [5.74, 6) is -0.163. The van der Waals surface area contributed by atoms with Crippen molar-refractivity contribution in [2.45, 2.75) is 19.3 Å². The lowest BCUT2D eigenvalue weighted by atomic mass is 9.69. The van der Waals surface area contributed by atoms with E-state index in [1.165, 1.54) is 14.2 Å². The number of rotatable bonds is 6. The van der Waals surface area contributed by atoms with E-state index in [4.69, 9.17) is 9.47 Å². The Bertz CT molecular complexity index is 529. The lowest BCUT2D eigenvalue weighted by molar-refractivity contribution is -0.153. The Labute approximate surface area is 123 Å². The fourth-order valence-corrected chi connectivity index (χ4v) is 2.36. The van der Waals surface area contributed by atoms with E-state index in [1.807, 2.05) is 0 Å². The monoisotopic (exact) mass is 293 g/mol. The molecule has 1 aromatic rings. The van der Waals surface area contributed by atoms with E-state index in [1.54, 1.807) is 18.2 Å². The molecule has 0 spiro atoms. The number of carbonyl (C=O) groups is 2. The van der Waals surface area contributed by atoms with E-state index in [0.29, 0.717) is 29.9 Å². The van der Waals surface area contributed by atoms with Gasteiger partial charge in [0.15, 0.2) is 0 Å². The van der Waals surface area contributed by atoms with Crippen molar-refractivity contribution in [3.8, 4) is 11.5 Å². The normalized spacial score (nSPS) is 15.7. The van der Waals surface area contributed by atoms with Gasteiger partial charge in [0.1, 0.15) is 11.5 Å². The van der Waals surface area contributed by atoms with Crippen molar-refractivity contribution in [3.05, 3.63) is 23.8 Å². The summed E-state index contributed by atoms with van der Waals surface area (Å²) in [4.78, 5) is 23.4. The Balaban J connectivity index is 2.08. The third-order valence-electron chi connectivity index (χ3n) is 3.97. The zero-order valence-corrected chi connectivity index (χ0v) is 12.1. The Morgan fingerprint density at radius 3 is 2.14 bits per heavy atom. The van der Waals surface area contributed by atoms with E-state index in [-0.39, 0.29) is 12.5 Å². The first-order chi connectivity index (χ1) is 10.0. The quantitative estimate of drug-likeness (QED) is 0.833. The third kappa shape index (κ3) is 3.09. The number of carboxylic acids is 1. The minimum absolute atomic E-state index is 0.140. The molecule has 1 aliphatic carbocycles. The zero-order chi connectivity index (χ0) is 15.5. The highest BCUT2D eigenvalue weighted by molar-refractivity contribution is 5.95. The van der Waals surface area contributed by atoms with E-state index in [2.05, 4.69) is 5.32 Å². The van der Waals surface area contributed by atoms with Gasteiger partial charge in [-0.25, -0.2) is 0 Å². The van der Waals surface area contributed by atoms with Gasteiger partial charge in [-0.15, -0.1) is 0 Å². The summed E-state index contributed by atoms with van der Waals surface area (Å²) >= 11 is 0. The maximum absolute atomic E-state index is 12.2. The van der Waals surface area contributed by atoms with Crippen molar-refractivity contribution in [3.63, 3.8) is 0 Å². The van der Waals surface area contributed by atoms with Crippen LogP contribution in [0.4, 0.5) is 0 Å². The van der Waals surface area contributed by atoms with Crippen LogP contribution in [-0.4, -0.2) is 37.7 Å². The van der Waals surface area contributed by atoms with Gasteiger partial charge in [0.05, 0.1) is 19.6 Å². The number of aliphatic carboxylic acids is 1. The van der Waals surface area contributed by atoms with Crippen LogP contribution in [0, 0.1) is 5.41 Å². The van der Waals surface area contributed by atoms with Crippen LogP contribution < -0.4 is 14.8 Å². The summed E-state index contributed by atoms with van der Waals surface area (Å²) in [6.45, 7) is 0.140. The van der Waals surface area contributed by atoms with Crippen molar-refractivity contribution >= 4 is 11.9 Å². The summed E-state index contributed by atoms with van der Waals surface area (Å²) in [7, 11) is 3.01. The standard InChI is InChI=1S/C15H19NO5/c1-20-11-6-10(7-12(8-11)21-2)13(17)16-9-15(14(18)19)4-3-5-15/h6-8H,3-5,9H2,1-2H3,(H,16,17)(H,18,19). The average molecular weight is 293 g/mol. The Morgan fingerprint density at radius 1 is 1.19 bits per heavy atom. The highest BCUT2D eigenvalue weighted by atomic mass is 16.5. The number of hydrogen-bond donors (Lipinski definition) is 2. The smallest absolute Gasteiger partial charge is 0.311 e. The zero-order valence-electron chi connectivity index (χ0n) is 12.1. The fourth-order valence-electron chi connectivity index (χ4n) is 2.36. The molecular formula is C15H19NO5. The van der Waals surface area contributed by atoms with Crippen LogP contribution in [-0.2, 0) is 4.79 Å². The molecule has 114 valence electrons. The highest BCUT2D eigenvalue weighted by Crippen LogP contribution is 2.40. The van der Waals surface area contributed by atoms with Crippen molar-refractivity contribution in [1.29, 1.82) is 0 Å². The van der Waals surface area contributed by atoms with Gasteiger partial charge in [0.25, 0.3) is 5.91 Å². The lowest BCUT2D eigenvalue weighted by Crippen LogP contribution is -2.47. The largest absolute Gasteiger partial charge is 0.497 e. The Kier molecular flexibility index (Phi) is 4.35. The molecule has 1 amide bonds.